The molecule has 6 nitrogen and oxygen atoms in total. The summed E-state index contributed by atoms with van der Waals surface area (Å²) in [5.41, 5.74) is 5.11. The van der Waals surface area contributed by atoms with Crippen LogP contribution in [0.3, 0.4) is 0 Å². The minimum Gasteiger partial charge on any atom is -0.324 e. The molecule has 5 aromatic rings. The van der Waals surface area contributed by atoms with Crippen LogP contribution in [0.15, 0.2) is 138 Å². The summed E-state index contributed by atoms with van der Waals surface area (Å²) in [6, 6.07) is 38.4. The first kappa shape index (κ1) is 32.3. The van der Waals surface area contributed by atoms with Crippen LogP contribution in [0.4, 0.5) is 11.4 Å². The van der Waals surface area contributed by atoms with E-state index in [1.807, 2.05) is 80.6 Å². The molecule has 0 saturated heterocycles. The number of thioether (sulfide) groups is 1. The third kappa shape index (κ3) is 8.33. The first-order valence-corrected chi connectivity index (χ1v) is 15.9. The molecule has 0 aromatic heterocycles. The highest BCUT2D eigenvalue weighted by atomic mass is 35.5. The number of carbonyl (C=O) groups excluding carboxylic acids is 3. The Kier molecular flexibility index (Phi) is 10.7. The predicted molar refractivity (Wildman–Crippen MR) is 188 cm³/mol. The molecule has 0 radical (unpaired) electrons. The van der Waals surface area contributed by atoms with Gasteiger partial charge in [0.05, 0.1) is 0 Å². The Morgan fingerprint density at radius 3 is 2.04 bits per heavy atom. The van der Waals surface area contributed by atoms with Crippen molar-refractivity contribution in [1.82, 2.24) is 5.32 Å². The van der Waals surface area contributed by atoms with E-state index in [1.54, 1.807) is 66.7 Å². The van der Waals surface area contributed by atoms with E-state index in [-0.39, 0.29) is 11.6 Å². The molecule has 0 aliphatic carbocycles. The van der Waals surface area contributed by atoms with Gasteiger partial charge in [0.2, 0.25) is 5.91 Å². The van der Waals surface area contributed by atoms with Crippen LogP contribution in [0.25, 0.3) is 6.08 Å². The number of hydrogen-bond donors (Lipinski definition) is 3. The quantitative estimate of drug-likeness (QED) is 0.105. The average molecular weight is 646 g/mol. The van der Waals surface area contributed by atoms with Crippen molar-refractivity contribution in [3.63, 3.8) is 0 Å². The molecule has 5 rings (SSSR count). The number of rotatable bonds is 10. The van der Waals surface area contributed by atoms with Gasteiger partial charge in [0.15, 0.2) is 0 Å². The maximum absolute atomic E-state index is 13.7. The maximum atomic E-state index is 13.7. The number of aryl methyl sites for hydroxylation is 2. The number of nitrogens with one attached hydrogen (secondary N) is 3. The number of benzene rings is 5. The lowest BCUT2D eigenvalue weighted by Gasteiger charge is -2.19. The summed E-state index contributed by atoms with van der Waals surface area (Å²) in [6.07, 6.45) is 1.54. The number of halogens is 1. The maximum Gasteiger partial charge on any atom is 0.272 e. The fraction of sp³-hybridized carbons (Fsp3) is 0.0789. The normalized spacial score (nSPS) is 11.8. The Morgan fingerprint density at radius 1 is 0.717 bits per heavy atom. The highest BCUT2D eigenvalue weighted by Crippen LogP contribution is 2.38. The van der Waals surface area contributed by atoms with Crippen LogP contribution in [-0.4, -0.2) is 17.7 Å². The van der Waals surface area contributed by atoms with Crippen LogP contribution in [0.1, 0.15) is 37.9 Å². The van der Waals surface area contributed by atoms with Crippen LogP contribution < -0.4 is 16.0 Å². The molecule has 1 atom stereocenters. The van der Waals surface area contributed by atoms with Crippen molar-refractivity contribution in [1.29, 1.82) is 0 Å². The van der Waals surface area contributed by atoms with Gasteiger partial charge < -0.3 is 16.0 Å². The summed E-state index contributed by atoms with van der Waals surface area (Å²) in [5, 5.41) is 8.64. The SMILES string of the molecule is Cc1cccc(C)c1NC(=O)C(Sc1cccc(NC(=O)/C(=C\c2ccccc2Cl)NC(=O)c2ccccc2)c1)c1ccccc1. The molecular formula is C38H32ClN3O3S. The highest BCUT2D eigenvalue weighted by Gasteiger charge is 2.24. The second-order valence-corrected chi connectivity index (χ2v) is 12.1. The molecule has 8 heteroatoms. The minimum absolute atomic E-state index is 0.0233. The molecular weight excluding hydrogens is 614 g/mol. The van der Waals surface area contributed by atoms with Crippen LogP contribution in [0, 0.1) is 13.8 Å². The molecule has 5 aromatic carbocycles. The fourth-order valence-corrected chi connectivity index (χ4v) is 6.05. The fourth-order valence-electron chi connectivity index (χ4n) is 4.77. The number of amides is 3. The van der Waals surface area contributed by atoms with Gasteiger partial charge in [-0.2, -0.15) is 0 Å². The van der Waals surface area contributed by atoms with Crippen LogP contribution in [0.2, 0.25) is 5.02 Å². The van der Waals surface area contributed by atoms with Crippen molar-refractivity contribution in [3.05, 3.63) is 166 Å². The lowest BCUT2D eigenvalue weighted by molar-refractivity contribution is -0.116. The second-order valence-electron chi connectivity index (χ2n) is 10.5. The molecule has 0 bridgehead atoms. The smallest absolute Gasteiger partial charge is 0.272 e. The molecule has 0 saturated carbocycles. The van der Waals surface area contributed by atoms with Gasteiger partial charge in [0.25, 0.3) is 11.8 Å². The van der Waals surface area contributed by atoms with Crippen molar-refractivity contribution < 1.29 is 14.4 Å². The summed E-state index contributed by atoms with van der Waals surface area (Å²) in [5.74, 6) is -1.12. The predicted octanol–water partition coefficient (Wildman–Crippen LogP) is 8.84. The molecule has 0 fully saturated rings. The topological polar surface area (TPSA) is 87.3 Å². The molecule has 0 aliphatic heterocycles. The molecule has 46 heavy (non-hydrogen) atoms. The molecule has 0 spiro atoms. The Labute approximate surface area is 277 Å². The van der Waals surface area contributed by atoms with E-state index in [1.165, 1.54) is 11.8 Å². The Balaban J connectivity index is 1.39. The van der Waals surface area contributed by atoms with E-state index >= 15 is 0 Å². The van der Waals surface area contributed by atoms with Gasteiger partial charge in [-0.1, -0.05) is 103 Å². The summed E-state index contributed by atoms with van der Waals surface area (Å²) in [6.45, 7) is 3.94. The van der Waals surface area contributed by atoms with Gasteiger partial charge in [0.1, 0.15) is 10.9 Å². The Bertz CT molecular complexity index is 1870. The van der Waals surface area contributed by atoms with Crippen molar-refractivity contribution >= 4 is 58.5 Å². The van der Waals surface area contributed by atoms with Crippen molar-refractivity contribution in [2.75, 3.05) is 10.6 Å². The van der Waals surface area contributed by atoms with E-state index in [2.05, 4.69) is 16.0 Å². The van der Waals surface area contributed by atoms with Gasteiger partial charge in [0, 0.05) is 26.9 Å². The van der Waals surface area contributed by atoms with E-state index in [4.69, 9.17) is 11.6 Å². The second kappa shape index (κ2) is 15.3. The van der Waals surface area contributed by atoms with Crippen LogP contribution in [0.5, 0.6) is 0 Å². The molecule has 230 valence electrons. The summed E-state index contributed by atoms with van der Waals surface area (Å²) >= 11 is 7.75. The molecule has 1 unspecified atom stereocenters. The number of hydrogen-bond acceptors (Lipinski definition) is 4. The van der Waals surface area contributed by atoms with Crippen molar-refractivity contribution in [2.45, 2.75) is 24.0 Å². The van der Waals surface area contributed by atoms with Gasteiger partial charge in [-0.15, -0.1) is 11.8 Å². The Morgan fingerprint density at radius 2 is 1.35 bits per heavy atom. The third-order valence-corrected chi connectivity index (χ3v) is 8.74. The van der Waals surface area contributed by atoms with Crippen molar-refractivity contribution in [2.24, 2.45) is 0 Å². The van der Waals surface area contributed by atoms with Crippen molar-refractivity contribution in [3.8, 4) is 0 Å². The van der Waals surface area contributed by atoms with E-state index < -0.39 is 17.1 Å². The highest BCUT2D eigenvalue weighted by molar-refractivity contribution is 8.00. The largest absolute Gasteiger partial charge is 0.324 e. The number of anilines is 2. The monoisotopic (exact) mass is 645 g/mol. The molecule has 0 aliphatic rings. The third-order valence-electron chi connectivity index (χ3n) is 7.15. The molecule has 3 N–H and O–H groups in total. The van der Waals surface area contributed by atoms with Crippen LogP contribution >= 0.6 is 23.4 Å². The Hall–Kier alpha value is -5.11. The lowest BCUT2D eigenvalue weighted by atomic mass is 10.1. The lowest BCUT2D eigenvalue weighted by Crippen LogP contribution is -2.30. The summed E-state index contributed by atoms with van der Waals surface area (Å²) in [4.78, 5) is 41.2. The van der Waals surface area contributed by atoms with Gasteiger partial charge in [-0.3, -0.25) is 14.4 Å². The van der Waals surface area contributed by atoms with E-state index in [0.717, 1.165) is 27.3 Å². The first-order chi connectivity index (χ1) is 22.3. The molecule has 3 amide bonds. The van der Waals surface area contributed by atoms with Gasteiger partial charge in [-0.25, -0.2) is 0 Å². The number of carbonyl (C=O) groups is 3. The van der Waals surface area contributed by atoms with E-state index in [0.29, 0.717) is 21.8 Å². The standard InChI is InChI=1S/C38H32ClN3O3S/c1-25-13-11-14-26(2)34(25)42-38(45)35(27-15-5-3-6-16-27)46-31-21-12-20-30(24-31)40-37(44)33(23-29-19-9-10-22-32(29)39)41-36(43)28-17-7-4-8-18-28/h3-24,35H,1-2H3,(H,40,44)(H,41,43)(H,42,45)/b33-23+. The minimum atomic E-state index is -0.563. The number of para-hydroxylation sites is 1. The van der Waals surface area contributed by atoms with E-state index in [9.17, 15) is 14.4 Å². The molecule has 0 heterocycles. The zero-order valence-electron chi connectivity index (χ0n) is 25.3. The summed E-state index contributed by atoms with van der Waals surface area (Å²) in [7, 11) is 0. The zero-order valence-corrected chi connectivity index (χ0v) is 26.9. The summed E-state index contributed by atoms with van der Waals surface area (Å²) < 4.78 is 0. The van der Waals surface area contributed by atoms with Gasteiger partial charge in [-0.05, 0) is 78.6 Å². The zero-order chi connectivity index (χ0) is 32.5. The first-order valence-electron chi connectivity index (χ1n) is 14.6. The van der Waals surface area contributed by atoms with Crippen LogP contribution in [-0.2, 0) is 9.59 Å². The van der Waals surface area contributed by atoms with Gasteiger partial charge >= 0.3 is 0 Å². The average Bonchev–Trinajstić information content (AvgIpc) is 3.07.